The Morgan fingerprint density at radius 2 is 2.20 bits per heavy atom. The van der Waals surface area contributed by atoms with Crippen LogP contribution in [0.2, 0.25) is 0 Å². The molecular formula is C16H21N3O. The first-order valence-electron chi connectivity index (χ1n) is 7.08. The summed E-state index contributed by atoms with van der Waals surface area (Å²) in [4.78, 5) is 4.43. The van der Waals surface area contributed by atoms with Gasteiger partial charge in [-0.25, -0.2) is 0 Å². The molecule has 0 radical (unpaired) electrons. The lowest BCUT2D eigenvalue weighted by Gasteiger charge is -2.31. The van der Waals surface area contributed by atoms with Crippen LogP contribution in [0.5, 0.6) is 5.75 Å². The molecule has 1 saturated heterocycles. The van der Waals surface area contributed by atoms with Gasteiger partial charge >= 0.3 is 0 Å². The van der Waals surface area contributed by atoms with Crippen LogP contribution in [0.3, 0.4) is 0 Å². The number of nitrogens with zero attached hydrogens (tertiary/aromatic N) is 2. The molecule has 0 unspecified atom stereocenters. The smallest absolute Gasteiger partial charge is 0.141 e. The van der Waals surface area contributed by atoms with Gasteiger partial charge in [0, 0.05) is 18.8 Å². The van der Waals surface area contributed by atoms with Gasteiger partial charge in [-0.3, -0.25) is 4.90 Å². The quantitative estimate of drug-likeness (QED) is 0.811. The van der Waals surface area contributed by atoms with Gasteiger partial charge in [0.2, 0.25) is 0 Å². The van der Waals surface area contributed by atoms with Gasteiger partial charge in [0.25, 0.3) is 0 Å². The number of nitrogens with two attached hydrogens (primary N) is 1. The lowest BCUT2D eigenvalue weighted by molar-refractivity contribution is 0.342. The molecule has 2 heterocycles. The summed E-state index contributed by atoms with van der Waals surface area (Å²) < 4.78 is 0. The highest BCUT2D eigenvalue weighted by molar-refractivity contribution is 5.76. The SMILES string of the molecule is CN1CCC[C@H]1C1=CC=CN(c2c(N)cccc2O)C1. The maximum absolute atomic E-state index is 10.1. The van der Waals surface area contributed by atoms with Crippen LogP contribution in [0.1, 0.15) is 12.8 Å². The van der Waals surface area contributed by atoms with Gasteiger partial charge in [-0.15, -0.1) is 0 Å². The Hall–Kier alpha value is -1.94. The number of phenols is 1. The third-order valence-electron chi connectivity index (χ3n) is 4.21. The topological polar surface area (TPSA) is 52.7 Å². The highest BCUT2D eigenvalue weighted by atomic mass is 16.3. The Bertz CT molecular complexity index is 545. The second kappa shape index (κ2) is 5.21. The van der Waals surface area contributed by atoms with Crippen LogP contribution >= 0.6 is 0 Å². The number of likely N-dealkylation sites (N-methyl/N-ethyl adjacent to an activating group) is 1. The Morgan fingerprint density at radius 3 is 2.90 bits per heavy atom. The zero-order valence-corrected chi connectivity index (χ0v) is 11.8. The number of likely N-dealkylation sites (tertiary alicyclic amines) is 1. The van der Waals surface area contributed by atoms with E-state index in [1.165, 1.54) is 18.4 Å². The third-order valence-corrected chi connectivity index (χ3v) is 4.21. The average Bonchev–Trinajstić information content (AvgIpc) is 2.85. The Morgan fingerprint density at radius 1 is 1.35 bits per heavy atom. The molecule has 106 valence electrons. The zero-order valence-electron chi connectivity index (χ0n) is 11.8. The first kappa shape index (κ1) is 13.1. The summed E-state index contributed by atoms with van der Waals surface area (Å²) in [6.45, 7) is 1.94. The molecule has 1 fully saturated rings. The van der Waals surface area contributed by atoms with Crippen molar-refractivity contribution in [3.05, 3.63) is 42.1 Å². The number of phenolic OH excluding ortho intramolecular Hbond substituents is 1. The predicted octanol–water partition coefficient (Wildman–Crippen LogP) is 2.33. The van der Waals surface area contributed by atoms with Crippen molar-refractivity contribution in [3.8, 4) is 5.75 Å². The van der Waals surface area contributed by atoms with E-state index in [0.717, 1.165) is 13.1 Å². The molecule has 0 amide bonds. The molecule has 0 bridgehead atoms. The van der Waals surface area contributed by atoms with Gasteiger partial charge < -0.3 is 15.7 Å². The van der Waals surface area contributed by atoms with Crippen LogP contribution in [0, 0.1) is 0 Å². The third kappa shape index (κ3) is 2.27. The van der Waals surface area contributed by atoms with E-state index in [4.69, 9.17) is 5.73 Å². The van der Waals surface area contributed by atoms with Gasteiger partial charge in [-0.05, 0) is 50.2 Å². The van der Waals surface area contributed by atoms with E-state index in [1.54, 1.807) is 12.1 Å². The van der Waals surface area contributed by atoms with Crippen molar-refractivity contribution in [2.24, 2.45) is 0 Å². The lowest BCUT2D eigenvalue weighted by atomic mass is 10.0. The molecule has 1 aromatic rings. The molecule has 3 rings (SSSR count). The van der Waals surface area contributed by atoms with Crippen molar-refractivity contribution in [2.45, 2.75) is 18.9 Å². The molecule has 3 N–H and O–H groups in total. The van der Waals surface area contributed by atoms with Crippen LogP contribution in [0.25, 0.3) is 0 Å². The summed E-state index contributed by atoms with van der Waals surface area (Å²) in [5.74, 6) is 0.232. The second-order valence-corrected chi connectivity index (χ2v) is 5.56. The van der Waals surface area contributed by atoms with E-state index in [2.05, 4.69) is 18.0 Å². The summed E-state index contributed by atoms with van der Waals surface area (Å²) in [6.07, 6.45) is 8.67. The van der Waals surface area contributed by atoms with E-state index in [0.29, 0.717) is 17.4 Å². The fraction of sp³-hybridized carbons (Fsp3) is 0.375. The van der Waals surface area contributed by atoms with E-state index in [-0.39, 0.29) is 5.75 Å². The minimum absolute atomic E-state index is 0.232. The number of hydrogen-bond donors (Lipinski definition) is 2. The van der Waals surface area contributed by atoms with Crippen LogP contribution in [-0.4, -0.2) is 36.2 Å². The van der Waals surface area contributed by atoms with Crippen molar-refractivity contribution in [1.82, 2.24) is 4.90 Å². The number of rotatable bonds is 2. The van der Waals surface area contributed by atoms with Gasteiger partial charge in [0.05, 0.1) is 5.69 Å². The van der Waals surface area contributed by atoms with E-state index < -0.39 is 0 Å². The molecule has 0 saturated carbocycles. The number of anilines is 2. The van der Waals surface area contributed by atoms with Gasteiger partial charge in [0.1, 0.15) is 11.4 Å². The molecule has 0 aromatic heterocycles. The number of hydrogen-bond acceptors (Lipinski definition) is 4. The van der Waals surface area contributed by atoms with E-state index in [9.17, 15) is 5.11 Å². The van der Waals surface area contributed by atoms with Crippen molar-refractivity contribution in [1.29, 1.82) is 0 Å². The first-order valence-corrected chi connectivity index (χ1v) is 7.08. The molecule has 2 aliphatic heterocycles. The largest absolute Gasteiger partial charge is 0.506 e. The summed E-state index contributed by atoms with van der Waals surface area (Å²) in [6, 6.07) is 5.78. The van der Waals surface area contributed by atoms with Crippen LogP contribution in [0.15, 0.2) is 42.1 Å². The molecule has 1 aromatic carbocycles. The van der Waals surface area contributed by atoms with Crippen LogP contribution in [0.4, 0.5) is 11.4 Å². The van der Waals surface area contributed by atoms with Crippen molar-refractivity contribution in [2.75, 3.05) is 30.8 Å². The first-order chi connectivity index (χ1) is 9.66. The van der Waals surface area contributed by atoms with Crippen molar-refractivity contribution >= 4 is 11.4 Å². The average molecular weight is 271 g/mol. The van der Waals surface area contributed by atoms with Crippen LogP contribution < -0.4 is 10.6 Å². The zero-order chi connectivity index (χ0) is 14.1. The molecule has 4 heteroatoms. The maximum Gasteiger partial charge on any atom is 0.141 e. The summed E-state index contributed by atoms with van der Waals surface area (Å²) >= 11 is 0. The second-order valence-electron chi connectivity index (χ2n) is 5.56. The van der Waals surface area contributed by atoms with Gasteiger partial charge in [-0.2, -0.15) is 0 Å². The fourth-order valence-electron chi connectivity index (χ4n) is 3.18. The number of benzene rings is 1. The minimum atomic E-state index is 0.232. The molecular weight excluding hydrogens is 250 g/mol. The maximum atomic E-state index is 10.1. The molecule has 4 nitrogen and oxygen atoms in total. The number of aromatic hydroxyl groups is 1. The van der Waals surface area contributed by atoms with E-state index in [1.807, 2.05) is 23.2 Å². The standard InChI is InChI=1S/C16H21N3O/c1-18-9-4-7-14(18)12-5-3-10-19(11-12)16-13(17)6-2-8-15(16)20/h2-3,5-6,8,10,14,20H,4,7,9,11,17H2,1H3/t14-/m0/s1. The van der Waals surface area contributed by atoms with Gasteiger partial charge in [0.15, 0.2) is 0 Å². The summed E-state index contributed by atoms with van der Waals surface area (Å²) in [5, 5.41) is 10.1. The lowest BCUT2D eigenvalue weighted by Crippen LogP contribution is -2.33. The highest BCUT2D eigenvalue weighted by Gasteiger charge is 2.27. The van der Waals surface area contributed by atoms with Crippen molar-refractivity contribution in [3.63, 3.8) is 0 Å². The highest BCUT2D eigenvalue weighted by Crippen LogP contribution is 2.36. The Labute approximate surface area is 119 Å². The molecule has 0 spiro atoms. The van der Waals surface area contributed by atoms with Crippen LogP contribution in [-0.2, 0) is 0 Å². The predicted molar refractivity (Wildman–Crippen MR) is 82.7 cm³/mol. The molecule has 2 aliphatic rings. The Balaban J connectivity index is 1.85. The van der Waals surface area contributed by atoms with E-state index >= 15 is 0 Å². The number of para-hydroxylation sites is 1. The molecule has 20 heavy (non-hydrogen) atoms. The van der Waals surface area contributed by atoms with Crippen molar-refractivity contribution < 1.29 is 5.11 Å². The normalized spacial score (nSPS) is 23.1. The summed E-state index contributed by atoms with van der Waals surface area (Å²) in [5.41, 5.74) is 8.71. The monoisotopic (exact) mass is 271 g/mol. The minimum Gasteiger partial charge on any atom is -0.506 e. The summed E-state index contributed by atoms with van der Waals surface area (Å²) in [7, 11) is 2.18. The Kier molecular flexibility index (Phi) is 3.40. The number of allylic oxidation sites excluding steroid dienone is 2. The fourth-order valence-corrected chi connectivity index (χ4v) is 3.18. The number of nitrogen functional groups attached to an aromatic ring is 1. The van der Waals surface area contributed by atoms with Gasteiger partial charge in [-0.1, -0.05) is 12.1 Å². The molecule has 1 atom stereocenters. The molecule has 0 aliphatic carbocycles.